The van der Waals surface area contributed by atoms with Crippen molar-refractivity contribution >= 4 is 33.6 Å². The van der Waals surface area contributed by atoms with Gasteiger partial charge >= 0.3 is 0 Å². The van der Waals surface area contributed by atoms with Crippen molar-refractivity contribution in [3.8, 4) is 11.3 Å². The third-order valence-corrected chi connectivity index (χ3v) is 5.38. The molecule has 0 aliphatic rings. The van der Waals surface area contributed by atoms with Crippen molar-refractivity contribution in [1.29, 1.82) is 0 Å². The van der Waals surface area contributed by atoms with Crippen LogP contribution in [0.25, 0.3) is 27.7 Å². The Morgan fingerprint density at radius 1 is 0.962 bits per heavy atom. The fourth-order valence-electron chi connectivity index (χ4n) is 3.28. The Kier molecular flexibility index (Phi) is 3.65. The van der Waals surface area contributed by atoms with Gasteiger partial charge in [-0.1, -0.05) is 48.5 Å². The van der Waals surface area contributed by atoms with Gasteiger partial charge in [-0.3, -0.25) is 4.40 Å². The smallest absolute Gasteiger partial charge is 0.180 e. The molecule has 3 heterocycles. The normalized spacial score (nSPS) is 11.2. The Morgan fingerprint density at radius 3 is 2.81 bits per heavy atom. The Hall–Kier alpha value is -3.18. The van der Waals surface area contributed by atoms with Crippen LogP contribution in [0.1, 0.15) is 4.88 Å². The van der Waals surface area contributed by atoms with Gasteiger partial charge in [-0.15, -0.1) is 11.3 Å². The van der Waals surface area contributed by atoms with E-state index in [1.165, 1.54) is 21.2 Å². The predicted octanol–water partition coefficient (Wildman–Crippen LogP) is 5.22. The largest absolute Gasteiger partial charge is 0.362 e. The first-order valence-corrected chi connectivity index (χ1v) is 9.34. The van der Waals surface area contributed by atoms with E-state index in [0.717, 1.165) is 23.7 Å². The van der Waals surface area contributed by atoms with Crippen molar-refractivity contribution in [2.45, 2.75) is 6.54 Å². The van der Waals surface area contributed by atoms with Crippen LogP contribution in [0.15, 0.2) is 78.6 Å². The zero-order valence-electron chi connectivity index (χ0n) is 14.0. The van der Waals surface area contributed by atoms with E-state index in [1.54, 1.807) is 11.3 Å². The summed E-state index contributed by atoms with van der Waals surface area (Å²) < 4.78 is 2.10. The first-order chi connectivity index (χ1) is 12.9. The molecule has 126 valence electrons. The van der Waals surface area contributed by atoms with Crippen LogP contribution in [0.4, 0.5) is 5.82 Å². The molecule has 1 N–H and O–H groups in total. The molecule has 3 aromatic heterocycles. The third-order valence-electron chi connectivity index (χ3n) is 4.50. The van der Waals surface area contributed by atoms with Gasteiger partial charge < -0.3 is 5.32 Å². The molecule has 0 amide bonds. The minimum absolute atomic E-state index is 0.751. The lowest BCUT2D eigenvalue weighted by molar-refractivity contribution is 1.09. The van der Waals surface area contributed by atoms with E-state index in [1.807, 2.05) is 18.6 Å². The number of hydrogen-bond donors (Lipinski definition) is 1. The van der Waals surface area contributed by atoms with Crippen LogP contribution in [-0.2, 0) is 6.54 Å². The number of nitrogens with one attached hydrogen (secondary N) is 1. The first-order valence-electron chi connectivity index (χ1n) is 8.46. The quantitative estimate of drug-likeness (QED) is 0.480. The number of aromatic nitrogens is 3. The molecule has 0 atom stereocenters. The number of benzene rings is 2. The monoisotopic (exact) mass is 356 g/mol. The molecule has 0 fully saturated rings. The summed E-state index contributed by atoms with van der Waals surface area (Å²) in [6, 6.07) is 19.0. The zero-order chi connectivity index (χ0) is 17.3. The number of anilines is 1. The molecule has 2 aromatic carbocycles. The van der Waals surface area contributed by atoms with Gasteiger partial charge in [-0.25, -0.2) is 9.97 Å². The van der Waals surface area contributed by atoms with Gasteiger partial charge in [0.25, 0.3) is 0 Å². The summed E-state index contributed by atoms with van der Waals surface area (Å²) in [5, 5.41) is 7.94. The van der Waals surface area contributed by atoms with Crippen molar-refractivity contribution in [3.63, 3.8) is 0 Å². The van der Waals surface area contributed by atoms with Crippen LogP contribution < -0.4 is 5.32 Å². The third kappa shape index (κ3) is 2.53. The molecule has 5 rings (SSSR count). The Labute approximate surface area is 154 Å². The summed E-state index contributed by atoms with van der Waals surface area (Å²) >= 11 is 1.73. The van der Waals surface area contributed by atoms with Gasteiger partial charge in [0.2, 0.25) is 0 Å². The molecule has 0 aliphatic carbocycles. The SMILES string of the molecule is c1csc(CNc2nccn3c(-c4cccc5ccccc45)cnc23)c1. The summed E-state index contributed by atoms with van der Waals surface area (Å²) in [5.41, 5.74) is 3.08. The molecule has 0 bridgehead atoms. The summed E-state index contributed by atoms with van der Waals surface area (Å²) in [6.07, 6.45) is 5.71. The number of hydrogen-bond acceptors (Lipinski definition) is 4. The highest BCUT2D eigenvalue weighted by molar-refractivity contribution is 7.09. The molecular weight excluding hydrogens is 340 g/mol. The molecule has 26 heavy (non-hydrogen) atoms. The molecule has 0 radical (unpaired) electrons. The van der Waals surface area contributed by atoms with Crippen LogP contribution in [0.3, 0.4) is 0 Å². The van der Waals surface area contributed by atoms with Crippen LogP contribution in [0.2, 0.25) is 0 Å². The van der Waals surface area contributed by atoms with Crippen molar-refractivity contribution < 1.29 is 0 Å². The highest BCUT2D eigenvalue weighted by Crippen LogP contribution is 2.30. The molecular formula is C21H16N4S. The maximum Gasteiger partial charge on any atom is 0.180 e. The highest BCUT2D eigenvalue weighted by atomic mass is 32.1. The minimum Gasteiger partial charge on any atom is -0.362 e. The Balaban J connectivity index is 1.60. The fourth-order valence-corrected chi connectivity index (χ4v) is 3.92. The Bertz CT molecular complexity index is 1190. The topological polar surface area (TPSA) is 42.2 Å². The highest BCUT2D eigenvalue weighted by Gasteiger charge is 2.12. The van der Waals surface area contributed by atoms with E-state index in [9.17, 15) is 0 Å². The van der Waals surface area contributed by atoms with Crippen LogP contribution in [0, 0.1) is 0 Å². The Morgan fingerprint density at radius 2 is 1.88 bits per heavy atom. The second-order valence-electron chi connectivity index (χ2n) is 6.07. The van der Waals surface area contributed by atoms with E-state index in [4.69, 9.17) is 0 Å². The summed E-state index contributed by atoms with van der Waals surface area (Å²) in [6.45, 7) is 0.751. The van der Waals surface area contributed by atoms with Crippen LogP contribution in [-0.4, -0.2) is 14.4 Å². The maximum absolute atomic E-state index is 4.64. The van der Waals surface area contributed by atoms with Gasteiger partial charge in [-0.2, -0.15) is 0 Å². The standard InChI is InChI=1S/C21H16N4S/c1-2-8-17-15(5-1)6-3-9-18(17)19-14-24-21-20(22-10-11-25(19)21)23-13-16-7-4-12-26-16/h1-12,14H,13H2,(H,22,23). The molecule has 5 heteroatoms. The number of nitrogens with zero attached hydrogens (tertiary/aromatic N) is 3. The first kappa shape index (κ1) is 15.1. The average Bonchev–Trinajstić information content (AvgIpc) is 3.36. The fraction of sp³-hybridized carbons (Fsp3) is 0.0476. The summed E-state index contributed by atoms with van der Waals surface area (Å²) in [7, 11) is 0. The van der Waals surface area contributed by atoms with Crippen LogP contribution in [0.5, 0.6) is 0 Å². The van der Waals surface area contributed by atoms with E-state index in [-0.39, 0.29) is 0 Å². The molecule has 4 nitrogen and oxygen atoms in total. The number of imidazole rings is 1. The van der Waals surface area contributed by atoms with Gasteiger partial charge in [0.05, 0.1) is 18.4 Å². The van der Waals surface area contributed by atoms with E-state index >= 15 is 0 Å². The molecule has 0 saturated heterocycles. The second kappa shape index (κ2) is 6.28. The molecule has 0 saturated carbocycles. The van der Waals surface area contributed by atoms with E-state index < -0.39 is 0 Å². The van der Waals surface area contributed by atoms with Crippen molar-refractivity contribution in [3.05, 3.63) is 83.4 Å². The van der Waals surface area contributed by atoms with Crippen molar-refractivity contribution in [2.75, 3.05) is 5.32 Å². The molecule has 5 aromatic rings. The summed E-state index contributed by atoms with van der Waals surface area (Å²) in [5.74, 6) is 0.799. The second-order valence-corrected chi connectivity index (χ2v) is 7.10. The predicted molar refractivity (Wildman–Crippen MR) is 108 cm³/mol. The number of fused-ring (bicyclic) bond motifs is 2. The lowest BCUT2D eigenvalue weighted by Crippen LogP contribution is -2.02. The number of thiophene rings is 1. The van der Waals surface area contributed by atoms with Gasteiger partial charge in [0.15, 0.2) is 11.5 Å². The average molecular weight is 356 g/mol. The molecule has 0 aliphatic heterocycles. The van der Waals surface area contributed by atoms with Gasteiger partial charge in [-0.05, 0) is 22.2 Å². The zero-order valence-corrected chi connectivity index (χ0v) is 14.8. The lowest BCUT2D eigenvalue weighted by atomic mass is 10.0. The van der Waals surface area contributed by atoms with Gasteiger partial charge in [0.1, 0.15) is 0 Å². The van der Waals surface area contributed by atoms with Crippen molar-refractivity contribution in [1.82, 2.24) is 14.4 Å². The molecule has 0 spiro atoms. The number of rotatable bonds is 4. The lowest BCUT2D eigenvalue weighted by Gasteiger charge is -2.08. The summed E-state index contributed by atoms with van der Waals surface area (Å²) in [4.78, 5) is 10.4. The van der Waals surface area contributed by atoms with Gasteiger partial charge in [0, 0.05) is 22.8 Å². The molecule has 0 unspecified atom stereocenters. The van der Waals surface area contributed by atoms with Crippen molar-refractivity contribution in [2.24, 2.45) is 0 Å². The van der Waals surface area contributed by atoms with Crippen LogP contribution >= 0.6 is 11.3 Å². The van der Waals surface area contributed by atoms with E-state index in [2.05, 4.69) is 79.7 Å². The maximum atomic E-state index is 4.64. The minimum atomic E-state index is 0.751. The van der Waals surface area contributed by atoms with E-state index in [0.29, 0.717) is 0 Å².